The molecule has 0 atom stereocenters. The van der Waals surface area contributed by atoms with Crippen molar-refractivity contribution < 1.29 is 4.79 Å². The summed E-state index contributed by atoms with van der Waals surface area (Å²) in [7, 11) is 3.82. The van der Waals surface area contributed by atoms with Crippen molar-refractivity contribution in [2.24, 2.45) is 0 Å². The number of anilines is 2. The molecule has 3 nitrogen and oxygen atoms in total. The molecular formula is C18H18N2O. The minimum Gasteiger partial charge on any atom is -0.348 e. The highest BCUT2D eigenvalue weighted by Gasteiger charge is 2.31. The third-order valence-electron chi connectivity index (χ3n) is 4.06. The molecule has 0 aliphatic carbocycles. The number of hydrogen-bond acceptors (Lipinski definition) is 2. The Balaban J connectivity index is 2.12. The maximum Gasteiger partial charge on any atom is 0.260 e. The van der Waals surface area contributed by atoms with Gasteiger partial charge < -0.3 is 9.80 Å². The van der Waals surface area contributed by atoms with Crippen LogP contribution in [0.15, 0.2) is 60.3 Å². The van der Waals surface area contributed by atoms with Gasteiger partial charge in [-0.2, -0.15) is 0 Å². The van der Waals surface area contributed by atoms with E-state index in [1.807, 2.05) is 75.6 Å². The molecule has 0 radical (unpaired) electrons. The number of benzene rings is 2. The zero-order chi connectivity index (χ0) is 15.0. The lowest BCUT2D eigenvalue weighted by atomic mass is 10.0. The molecule has 2 aromatic rings. The molecule has 0 bridgehead atoms. The first kappa shape index (κ1) is 13.4. The molecule has 1 amide bonds. The second-order valence-corrected chi connectivity index (χ2v) is 5.24. The first-order valence-electron chi connectivity index (χ1n) is 6.98. The van der Waals surface area contributed by atoms with E-state index in [2.05, 4.69) is 4.90 Å². The van der Waals surface area contributed by atoms with E-state index in [1.165, 1.54) is 0 Å². The van der Waals surface area contributed by atoms with Gasteiger partial charge in [-0.15, -0.1) is 0 Å². The fraction of sp³-hybridized carbons (Fsp3) is 0.167. The quantitative estimate of drug-likeness (QED) is 0.785. The Morgan fingerprint density at radius 3 is 2.33 bits per heavy atom. The average Bonchev–Trinajstić information content (AvgIpc) is 2.79. The van der Waals surface area contributed by atoms with Crippen LogP contribution in [0.3, 0.4) is 0 Å². The second-order valence-electron chi connectivity index (χ2n) is 5.24. The monoisotopic (exact) mass is 278 g/mol. The average molecular weight is 278 g/mol. The normalized spacial score (nSPS) is 16.0. The summed E-state index contributed by atoms with van der Waals surface area (Å²) in [6.07, 6.45) is 0. The molecule has 3 rings (SSSR count). The zero-order valence-electron chi connectivity index (χ0n) is 12.5. The Kier molecular flexibility index (Phi) is 3.26. The van der Waals surface area contributed by atoms with Crippen molar-refractivity contribution in [3.63, 3.8) is 0 Å². The molecule has 0 saturated heterocycles. The van der Waals surface area contributed by atoms with Crippen LogP contribution < -0.4 is 9.80 Å². The Labute approximate surface area is 125 Å². The molecule has 1 aliphatic heterocycles. The number of fused-ring (bicyclic) bond motifs is 1. The molecule has 1 heterocycles. The molecule has 21 heavy (non-hydrogen) atoms. The predicted molar refractivity (Wildman–Crippen MR) is 87.3 cm³/mol. The summed E-state index contributed by atoms with van der Waals surface area (Å²) in [6.45, 7) is 2.00. The van der Waals surface area contributed by atoms with Gasteiger partial charge in [0.15, 0.2) is 0 Å². The summed E-state index contributed by atoms with van der Waals surface area (Å²) in [5.41, 5.74) is 4.79. The Morgan fingerprint density at radius 1 is 1.00 bits per heavy atom. The lowest BCUT2D eigenvalue weighted by Gasteiger charge is -2.22. The minimum absolute atomic E-state index is 0.0523. The van der Waals surface area contributed by atoms with Gasteiger partial charge in [0, 0.05) is 31.0 Å². The molecule has 3 heteroatoms. The van der Waals surface area contributed by atoms with Gasteiger partial charge in [0.2, 0.25) is 0 Å². The number of carbonyl (C=O) groups is 1. The number of likely N-dealkylation sites (N-methyl/N-ethyl adjacent to an activating group) is 1. The maximum atomic E-state index is 12.6. The van der Waals surface area contributed by atoms with Crippen molar-refractivity contribution in [3.05, 3.63) is 65.9 Å². The first-order valence-corrected chi connectivity index (χ1v) is 6.98. The Bertz CT molecular complexity index is 719. The highest BCUT2D eigenvalue weighted by Crippen LogP contribution is 2.38. The van der Waals surface area contributed by atoms with Gasteiger partial charge in [0.05, 0.1) is 11.3 Å². The van der Waals surface area contributed by atoms with Crippen molar-refractivity contribution in [3.8, 4) is 0 Å². The number of rotatable bonds is 2. The second kappa shape index (κ2) is 5.09. The number of carbonyl (C=O) groups excluding carboxylic acids is 1. The SMILES string of the molecule is C/C(=C1/C(=O)N(C)c2ccccc21)N(C)c1ccccc1. The smallest absolute Gasteiger partial charge is 0.260 e. The number of para-hydroxylation sites is 2. The van der Waals surface area contributed by atoms with Crippen LogP contribution in [-0.4, -0.2) is 20.0 Å². The summed E-state index contributed by atoms with van der Waals surface area (Å²) >= 11 is 0. The summed E-state index contributed by atoms with van der Waals surface area (Å²) < 4.78 is 0. The van der Waals surface area contributed by atoms with E-state index in [-0.39, 0.29) is 5.91 Å². The fourth-order valence-corrected chi connectivity index (χ4v) is 2.73. The third-order valence-corrected chi connectivity index (χ3v) is 4.06. The zero-order valence-corrected chi connectivity index (χ0v) is 12.5. The molecule has 106 valence electrons. The van der Waals surface area contributed by atoms with Crippen molar-refractivity contribution in [1.82, 2.24) is 0 Å². The standard InChI is InChI=1S/C18H18N2O/c1-13(19(2)14-9-5-4-6-10-14)17-15-11-7-8-12-16(15)20(3)18(17)21/h4-12H,1-3H3/b17-13-. The van der Waals surface area contributed by atoms with E-state index < -0.39 is 0 Å². The molecular weight excluding hydrogens is 260 g/mol. The number of nitrogens with zero attached hydrogens (tertiary/aromatic N) is 2. The van der Waals surface area contributed by atoms with Crippen molar-refractivity contribution in [1.29, 1.82) is 0 Å². The number of hydrogen-bond donors (Lipinski definition) is 0. The van der Waals surface area contributed by atoms with Gasteiger partial charge in [0.25, 0.3) is 5.91 Å². The van der Waals surface area contributed by atoms with E-state index >= 15 is 0 Å². The third kappa shape index (κ3) is 2.11. The molecule has 0 fully saturated rings. The van der Waals surface area contributed by atoms with E-state index in [1.54, 1.807) is 4.90 Å². The van der Waals surface area contributed by atoms with Crippen LogP contribution in [0.5, 0.6) is 0 Å². The van der Waals surface area contributed by atoms with E-state index in [0.717, 1.165) is 28.2 Å². The molecule has 0 aromatic heterocycles. The predicted octanol–water partition coefficient (Wildman–Crippen LogP) is 3.53. The summed E-state index contributed by atoms with van der Waals surface area (Å²) in [6, 6.07) is 18.0. The summed E-state index contributed by atoms with van der Waals surface area (Å²) in [5, 5.41) is 0. The van der Waals surface area contributed by atoms with Gasteiger partial charge in [-0.1, -0.05) is 36.4 Å². The van der Waals surface area contributed by atoms with Gasteiger partial charge in [0.1, 0.15) is 0 Å². The van der Waals surface area contributed by atoms with Crippen molar-refractivity contribution in [2.45, 2.75) is 6.92 Å². The van der Waals surface area contributed by atoms with Crippen molar-refractivity contribution >= 4 is 22.9 Å². The maximum absolute atomic E-state index is 12.6. The lowest BCUT2D eigenvalue weighted by molar-refractivity contribution is -0.112. The first-order chi connectivity index (χ1) is 10.1. The molecule has 1 aliphatic rings. The highest BCUT2D eigenvalue weighted by atomic mass is 16.2. The van der Waals surface area contributed by atoms with Crippen LogP contribution in [0.4, 0.5) is 11.4 Å². The molecule has 0 spiro atoms. The lowest BCUT2D eigenvalue weighted by Crippen LogP contribution is -2.23. The van der Waals surface area contributed by atoms with Crippen LogP contribution in [-0.2, 0) is 4.79 Å². The van der Waals surface area contributed by atoms with Crippen LogP contribution in [0.25, 0.3) is 5.57 Å². The van der Waals surface area contributed by atoms with Crippen LogP contribution >= 0.6 is 0 Å². The Hall–Kier alpha value is -2.55. The summed E-state index contributed by atoms with van der Waals surface area (Å²) in [4.78, 5) is 16.4. The Morgan fingerprint density at radius 2 is 1.62 bits per heavy atom. The topological polar surface area (TPSA) is 23.6 Å². The molecule has 0 saturated carbocycles. The molecule has 2 aromatic carbocycles. The highest BCUT2D eigenvalue weighted by molar-refractivity contribution is 6.33. The number of allylic oxidation sites excluding steroid dienone is 1. The van der Waals surface area contributed by atoms with Gasteiger partial charge in [-0.05, 0) is 25.1 Å². The molecule has 0 unspecified atom stereocenters. The van der Waals surface area contributed by atoms with Crippen LogP contribution in [0.1, 0.15) is 12.5 Å². The van der Waals surface area contributed by atoms with Gasteiger partial charge in [-0.25, -0.2) is 0 Å². The van der Waals surface area contributed by atoms with E-state index in [0.29, 0.717) is 0 Å². The van der Waals surface area contributed by atoms with Crippen molar-refractivity contribution in [2.75, 3.05) is 23.9 Å². The van der Waals surface area contributed by atoms with Crippen LogP contribution in [0.2, 0.25) is 0 Å². The van der Waals surface area contributed by atoms with Gasteiger partial charge >= 0.3 is 0 Å². The van der Waals surface area contributed by atoms with Crippen LogP contribution in [0, 0.1) is 0 Å². The summed E-state index contributed by atoms with van der Waals surface area (Å²) in [5.74, 6) is 0.0523. The minimum atomic E-state index is 0.0523. The van der Waals surface area contributed by atoms with Gasteiger partial charge in [-0.3, -0.25) is 4.79 Å². The van der Waals surface area contributed by atoms with E-state index in [4.69, 9.17) is 0 Å². The molecule has 0 N–H and O–H groups in total. The van der Waals surface area contributed by atoms with E-state index in [9.17, 15) is 4.79 Å². The fourth-order valence-electron chi connectivity index (χ4n) is 2.73. The number of amides is 1. The largest absolute Gasteiger partial charge is 0.348 e.